The molecule has 0 spiro atoms. The number of benzene rings is 1. The lowest BCUT2D eigenvalue weighted by Gasteiger charge is -2.44. The predicted octanol–water partition coefficient (Wildman–Crippen LogP) is 3.98. The van der Waals surface area contributed by atoms with Crippen molar-refractivity contribution in [3.05, 3.63) is 78.8 Å². The summed E-state index contributed by atoms with van der Waals surface area (Å²) >= 11 is 0. The Morgan fingerprint density at radius 3 is 2.85 bits per heavy atom. The van der Waals surface area contributed by atoms with E-state index in [0.29, 0.717) is 18.0 Å². The Morgan fingerprint density at radius 2 is 2.00 bits per heavy atom. The zero-order valence-electron chi connectivity index (χ0n) is 11.6. The van der Waals surface area contributed by atoms with E-state index in [1.165, 1.54) is 16.9 Å². The molecule has 100 valence electrons. The third kappa shape index (κ3) is 1.39. The standard InChI is InChI=1S/C18H18N2/c1-3-15-13(2)16-9-4-5-10-17(16)20-12-14-8-6-7-11-19(14)18(15)20/h3-13,15,18H,1H2,2H3. The summed E-state index contributed by atoms with van der Waals surface area (Å²) in [7, 11) is 0. The van der Waals surface area contributed by atoms with Gasteiger partial charge in [-0.05, 0) is 29.7 Å². The van der Waals surface area contributed by atoms with Crippen LogP contribution in [0.15, 0.2) is 73.2 Å². The maximum absolute atomic E-state index is 4.09. The molecule has 0 saturated heterocycles. The fourth-order valence-electron chi connectivity index (χ4n) is 3.65. The van der Waals surface area contributed by atoms with Gasteiger partial charge in [0.1, 0.15) is 6.17 Å². The lowest BCUT2D eigenvalue weighted by molar-refractivity contribution is 0.270. The highest BCUT2D eigenvalue weighted by Crippen LogP contribution is 2.47. The molecule has 0 N–H and O–H groups in total. The van der Waals surface area contributed by atoms with Gasteiger partial charge in [0.2, 0.25) is 0 Å². The van der Waals surface area contributed by atoms with E-state index in [1.807, 2.05) is 0 Å². The van der Waals surface area contributed by atoms with Crippen molar-refractivity contribution in [3.8, 4) is 0 Å². The molecule has 0 saturated carbocycles. The number of allylic oxidation sites excluding steroid dienone is 3. The van der Waals surface area contributed by atoms with Crippen molar-refractivity contribution in [3.63, 3.8) is 0 Å². The molecule has 0 bridgehead atoms. The normalized spacial score (nSPS) is 29.6. The third-order valence-electron chi connectivity index (χ3n) is 4.66. The maximum atomic E-state index is 4.09. The van der Waals surface area contributed by atoms with Crippen molar-refractivity contribution in [2.45, 2.75) is 19.0 Å². The molecule has 3 unspecified atom stereocenters. The monoisotopic (exact) mass is 262 g/mol. The molecular formula is C18H18N2. The number of anilines is 1. The van der Waals surface area contributed by atoms with Gasteiger partial charge in [0, 0.05) is 24.0 Å². The second kappa shape index (κ2) is 4.14. The van der Waals surface area contributed by atoms with E-state index in [1.54, 1.807) is 0 Å². The van der Waals surface area contributed by atoms with E-state index in [9.17, 15) is 0 Å². The van der Waals surface area contributed by atoms with Crippen LogP contribution in [0.2, 0.25) is 0 Å². The van der Waals surface area contributed by atoms with Gasteiger partial charge in [-0.2, -0.15) is 0 Å². The topological polar surface area (TPSA) is 6.48 Å². The van der Waals surface area contributed by atoms with Gasteiger partial charge >= 0.3 is 0 Å². The molecule has 2 nitrogen and oxygen atoms in total. The Hall–Kier alpha value is -2.22. The summed E-state index contributed by atoms with van der Waals surface area (Å²) in [5.74, 6) is 0.895. The zero-order chi connectivity index (χ0) is 13.7. The first kappa shape index (κ1) is 11.6. The number of nitrogens with zero attached hydrogens (tertiary/aromatic N) is 2. The highest BCUT2D eigenvalue weighted by molar-refractivity contribution is 5.64. The van der Waals surface area contributed by atoms with Crippen molar-refractivity contribution in [1.29, 1.82) is 0 Å². The Bertz CT molecular complexity index is 653. The summed E-state index contributed by atoms with van der Waals surface area (Å²) in [6.45, 7) is 6.40. The van der Waals surface area contributed by atoms with E-state index in [2.05, 4.69) is 84.3 Å². The van der Waals surface area contributed by atoms with Crippen LogP contribution in [0.4, 0.5) is 5.69 Å². The lowest BCUT2D eigenvalue weighted by Crippen LogP contribution is -2.47. The molecule has 0 amide bonds. The number of fused-ring (bicyclic) bond motifs is 5. The fourth-order valence-corrected chi connectivity index (χ4v) is 3.65. The second-order valence-electron chi connectivity index (χ2n) is 5.64. The van der Waals surface area contributed by atoms with Gasteiger partial charge in [0.05, 0.1) is 5.70 Å². The highest BCUT2D eigenvalue weighted by Gasteiger charge is 2.43. The van der Waals surface area contributed by atoms with Crippen LogP contribution in [0.25, 0.3) is 0 Å². The molecule has 2 heteroatoms. The van der Waals surface area contributed by atoms with Crippen LogP contribution in [-0.4, -0.2) is 11.1 Å². The maximum Gasteiger partial charge on any atom is 0.117 e. The van der Waals surface area contributed by atoms with Crippen LogP contribution in [0.1, 0.15) is 18.4 Å². The Labute approximate surface area is 120 Å². The minimum atomic E-state index is 0.314. The molecule has 20 heavy (non-hydrogen) atoms. The van der Waals surface area contributed by atoms with Gasteiger partial charge in [0.15, 0.2) is 0 Å². The first-order chi connectivity index (χ1) is 9.81. The van der Waals surface area contributed by atoms with Crippen LogP contribution in [-0.2, 0) is 0 Å². The van der Waals surface area contributed by atoms with Crippen molar-refractivity contribution in [1.82, 2.24) is 4.90 Å². The van der Waals surface area contributed by atoms with Crippen LogP contribution in [0.5, 0.6) is 0 Å². The van der Waals surface area contributed by atoms with Crippen molar-refractivity contribution in [2.75, 3.05) is 4.90 Å². The highest BCUT2D eigenvalue weighted by atomic mass is 15.4. The average Bonchev–Trinajstić information content (AvgIpc) is 2.88. The summed E-state index contributed by atoms with van der Waals surface area (Å²) in [5.41, 5.74) is 4.00. The third-order valence-corrected chi connectivity index (χ3v) is 4.66. The number of hydrogen-bond donors (Lipinski definition) is 0. The summed E-state index contributed by atoms with van der Waals surface area (Å²) < 4.78 is 0. The summed E-state index contributed by atoms with van der Waals surface area (Å²) in [4.78, 5) is 4.76. The largest absolute Gasteiger partial charge is 0.325 e. The quantitative estimate of drug-likeness (QED) is 0.706. The first-order valence-corrected chi connectivity index (χ1v) is 7.16. The SMILES string of the molecule is C=CC1C(C)c2ccccc2N2C=C3C=CC=CN3C12. The Kier molecular flexibility index (Phi) is 2.40. The molecule has 0 radical (unpaired) electrons. The van der Waals surface area contributed by atoms with E-state index < -0.39 is 0 Å². The van der Waals surface area contributed by atoms with Gasteiger partial charge in [-0.3, -0.25) is 0 Å². The van der Waals surface area contributed by atoms with Gasteiger partial charge < -0.3 is 9.80 Å². The summed E-state index contributed by atoms with van der Waals surface area (Å²) in [6, 6.07) is 8.72. The fraction of sp³-hybridized carbons (Fsp3) is 0.222. The molecule has 3 aliphatic rings. The van der Waals surface area contributed by atoms with Gasteiger partial charge in [-0.1, -0.05) is 37.3 Å². The lowest BCUT2D eigenvalue weighted by atomic mass is 9.80. The Balaban J connectivity index is 1.90. The molecule has 4 rings (SSSR count). The zero-order valence-corrected chi connectivity index (χ0v) is 11.6. The van der Waals surface area contributed by atoms with Gasteiger partial charge in [-0.25, -0.2) is 0 Å². The minimum absolute atomic E-state index is 0.314. The van der Waals surface area contributed by atoms with E-state index >= 15 is 0 Å². The molecule has 3 heterocycles. The smallest absolute Gasteiger partial charge is 0.117 e. The molecule has 1 aromatic rings. The molecule has 3 atom stereocenters. The van der Waals surface area contributed by atoms with Crippen molar-refractivity contribution >= 4 is 5.69 Å². The number of rotatable bonds is 1. The summed E-state index contributed by atoms with van der Waals surface area (Å²) in [5, 5.41) is 0. The van der Waals surface area contributed by atoms with Crippen molar-refractivity contribution < 1.29 is 0 Å². The van der Waals surface area contributed by atoms with Gasteiger partial charge in [0.25, 0.3) is 0 Å². The van der Waals surface area contributed by atoms with E-state index in [-0.39, 0.29) is 0 Å². The first-order valence-electron chi connectivity index (χ1n) is 7.16. The van der Waals surface area contributed by atoms with Crippen molar-refractivity contribution in [2.24, 2.45) is 5.92 Å². The molecule has 0 aromatic heterocycles. The molecule has 3 aliphatic heterocycles. The molecule has 0 aliphatic carbocycles. The minimum Gasteiger partial charge on any atom is -0.325 e. The van der Waals surface area contributed by atoms with Gasteiger partial charge in [-0.15, -0.1) is 6.58 Å². The average molecular weight is 262 g/mol. The van der Waals surface area contributed by atoms with Crippen LogP contribution >= 0.6 is 0 Å². The van der Waals surface area contributed by atoms with Crippen LogP contribution in [0.3, 0.4) is 0 Å². The number of hydrogen-bond acceptors (Lipinski definition) is 2. The molecule has 0 fully saturated rings. The molecule has 1 aromatic carbocycles. The van der Waals surface area contributed by atoms with Crippen LogP contribution in [0, 0.1) is 5.92 Å². The number of para-hydroxylation sites is 1. The molecular weight excluding hydrogens is 244 g/mol. The second-order valence-corrected chi connectivity index (χ2v) is 5.64. The Morgan fingerprint density at radius 1 is 1.15 bits per heavy atom. The van der Waals surface area contributed by atoms with E-state index in [0.717, 1.165) is 0 Å². The van der Waals surface area contributed by atoms with Crippen LogP contribution < -0.4 is 4.90 Å². The van der Waals surface area contributed by atoms with E-state index in [4.69, 9.17) is 0 Å². The summed E-state index contributed by atoms with van der Waals surface area (Å²) in [6.07, 6.45) is 13.2. The predicted molar refractivity (Wildman–Crippen MR) is 83.0 cm³/mol.